The first kappa shape index (κ1) is 16.0. The quantitative estimate of drug-likeness (QED) is 0.640. The van der Waals surface area contributed by atoms with Crippen LogP contribution in [0.25, 0.3) is 10.9 Å². The summed E-state index contributed by atoms with van der Waals surface area (Å²) in [5.74, 6) is -0.985. The van der Waals surface area contributed by atoms with E-state index in [-0.39, 0.29) is 27.5 Å². The second-order valence-electron chi connectivity index (χ2n) is 5.91. The number of fused-ring (bicyclic) bond motifs is 1. The summed E-state index contributed by atoms with van der Waals surface area (Å²) in [6, 6.07) is 2.58. The van der Waals surface area contributed by atoms with E-state index in [1.807, 2.05) is 5.32 Å². The fourth-order valence-corrected chi connectivity index (χ4v) is 2.94. The molecule has 0 bridgehead atoms. The van der Waals surface area contributed by atoms with E-state index in [9.17, 15) is 22.8 Å². The number of rotatable bonds is 4. The fraction of sp³-hybridized carbons (Fsp3) is 0.235. The minimum atomic E-state index is -4.60. The molecular weight excluding hydrogens is 399 g/mol. The van der Waals surface area contributed by atoms with Crippen LogP contribution in [0, 0.1) is 0 Å². The Kier molecular flexibility index (Phi) is 4.11. The van der Waals surface area contributed by atoms with E-state index >= 15 is 0 Å². The molecular formula is C17H15ClF3N5O2. The molecule has 1 amide bonds. The molecule has 0 aliphatic rings. The average Bonchev–Trinajstić information content (AvgIpc) is 2.91. The van der Waals surface area contributed by atoms with Crippen LogP contribution in [0.1, 0.15) is 14.5 Å². The molecule has 2 N–H and O–H groups in total. The third-order valence-electron chi connectivity index (χ3n) is 3.96. The van der Waals surface area contributed by atoms with Gasteiger partial charge in [0.2, 0.25) is 0 Å². The van der Waals surface area contributed by atoms with E-state index < -0.39 is 31.2 Å². The van der Waals surface area contributed by atoms with E-state index in [1.165, 1.54) is 22.9 Å². The number of aryl methyl sites for hydroxylation is 1. The summed E-state index contributed by atoms with van der Waals surface area (Å²) in [4.78, 5) is 28.8. The second kappa shape index (κ2) is 7.19. The zero-order chi connectivity index (χ0) is 23.1. The van der Waals surface area contributed by atoms with E-state index in [1.54, 1.807) is 7.05 Å². The van der Waals surface area contributed by atoms with Gasteiger partial charge in [-0.3, -0.25) is 9.59 Å². The molecule has 0 aliphatic carbocycles. The minimum Gasteiger partial charge on any atom is -0.355 e. The van der Waals surface area contributed by atoms with Gasteiger partial charge in [0.15, 0.2) is 0 Å². The molecule has 11 heteroatoms. The summed E-state index contributed by atoms with van der Waals surface area (Å²) in [5.41, 5.74) is -0.626. The van der Waals surface area contributed by atoms with Gasteiger partial charge >= 0.3 is 6.18 Å². The highest BCUT2D eigenvalue weighted by molar-refractivity contribution is 6.29. The predicted molar refractivity (Wildman–Crippen MR) is 99.2 cm³/mol. The van der Waals surface area contributed by atoms with E-state index in [0.29, 0.717) is 10.1 Å². The van der Waals surface area contributed by atoms with E-state index in [2.05, 4.69) is 10.3 Å². The lowest BCUT2D eigenvalue weighted by atomic mass is 10.2. The molecule has 0 spiro atoms. The molecule has 0 saturated heterocycles. The number of hydrogen-bond donors (Lipinski definition) is 2. The van der Waals surface area contributed by atoms with Gasteiger partial charge in [-0.15, -0.1) is 0 Å². The number of pyridine rings is 2. The lowest BCUT2D eigenvalue weighted by molar-refractivity contribution is -0.141. The molecule has 3 rings (SSSR count). The molecule has 28 heavy (non-hydrogen) atoms. The number of halogens is 4. The molecule has 0 radical (unpaired) electrons. The Morgan fingerprint density at radius 1 is 1.39 bits per heavy atom. The number of amides is 1. The van der Waals surface area contributed by atoms with Crippen LogP contribution in [0.4, 0.5) is 24.5 Å². The lowest BCUT2D eigenvalue weighted by Gasteiger charge is -2.12. The Balaban J connectivity index is 2.10. The molecule has 0 aromatic carbocycles. The molecule has 0 atom stereocenters. The molecule has 0 fully saturated rings. The maximum Gasteiger partial charge on any atom is 0.406 e. The van der Waals surface area contributed by atoms with Crippen LogP contribution >= 0.6 is 11.6 Å². The largest absolute Gasteiger partial charge is 0.406 e. The van der Waals surface area contributed by atoms with Crippen LogP contribution in [0.2, 0.25) is 5.15 Å². The summed E-state index contributed by atoms with van der Waals surface area (Å²) >= 11 is 5.88. The van der Waals surface area contributed by atoms with Gasteiger partial charge in [0, 0.05) is 36.7 Å². The van der Waals surface area contributed by atoms with Gasteiger partial charge in [-0.25, -0.2) is 4.98 Å². The van der Waals surface area contributed by atoms with Gasteiger partial charge in [-0.1, -0.05) is 11.6 Å². The third-order valence-corrected chi connectivity index (χ3v) is 4.17. The molecule has 3 aromatic heterocycles. The van der Waals surface area contributed by atoms with Crippen molar-refractivity contribution in [2.24, 2.45) is 7.05 Å². The maximum absolute atomic E-state index is 12.8. The summed E-state index contributed by atoms with van der Waals surface area (Å²) in [7, 11) is 1.59. The van der Waals surface area contributed by atoms with Crippen molar-refractivity contribution in [2.45, 2.75) is 12.7 Å². The summed E-state index contributed by atoms with van der Waals surface area (Å²) in [6.07, 6.45) is -1.07. The highest BCUT2D eigenvalue weighted by Gasteiger charge is 2.29. The SMILES string of the molecule is [2H]C([2H])([2H])NC(=O)c1cnc(Cl)cc1Nc1cn(C)c2ccn(CC(F)(F)F)c(=O)c12. The van der Waals surface area contributed by atoms with E-state index in [4.69, 9.17) is 15.7 Å². The van der Waals surface area contributed by atoms with Gasteiger partial charge in [0.25, 0.3) is 11.5 Å². The summed E-state index contributed by atoms with van der Waals surface area (Å²) in [5, 5.41) is 4.51. The van der Waals surface area contributed by atoms with Crippen molar-refractivity contribution >= 4 is 39.8 Å². The molecule has 7 nitrogen and oxygen atoms in total. The van der Waals surface area contributed by atoms with Crippen molar-refractivity contribution < 1.29 is 22.1 Å². The van der Waals surface area contributed by atoms with Gasteiger partial charge < -0.3 is 19.8 Å². The molecule has 0 unspecified atom stereocenters. The van der Waals surface area contributed by atoms with Gasteiger partial charge in [0.05, 0.1) is 27.8 Å². The zero-order valence-electron chi connectivity index (χ0n) is 17.3. The summed E-state index contributed by atoms with van der Waals surface area (Å²) < 4.78 is 62.0. The highest BCUT2D eigenvalue weighted by Crippen LogP contribution is 2.29. The van der Waals surface area contributed by atoms with Crippen LogP contribution < -0.4 is 16.2 Å². The Morgan fingerprint density at radius 3 is 2.82 bits per heavy atom. The van der Waals surface area contributed by atoms with Crippen molar-refractivity contribution in [2.75, 3.05) is 12.3 Å². The first-order chi connectivity index (χ1) is 14.2. The number of anilines is 2. The lowest BCUT2D eigenvalue weighted by Crippen LogP contribution is -2.27. The van der Waals surface area contributed by atoms with Crippen LogP contribution in [-0.2, 0) is 13.6 Å². The Hall–Kier alpha value is -3.01. The number of hydrogen-bond acceptors (Lipinski definition) is 4. The number of carbonyl (C=O) groups is 1. The van der Waals surface area contributed by atoms with Crippen LogP contribution in [0.3, 0.4) is 0 Å². The molecule has 0 aliphatic heterocycles. The minimum absolute atomic E-state index is 0.0138. The molecule has 3 heterocycles. The predicted octanol–water partition coefficient (Wildman–Crippen LogP) is 3.05. The first-order valence-corrected chi connectivity index (χ1v) is 8.13. The zero-order valence-corrected chi connectivity index (χ0v) is 15.0. The van der Waals surface area contributed by atoms with Gasteiger partial charge in [0.1, 0.15) is 11.7 Å². The number of carbonyl (C=O) groups excluding carboxylic acids is 1. The maximum atomic E-state index is 12.8. The third kappa shape index (κ3) is 3.81. The first-order valence-electron chi connectivity index (χ1n) is 9.25. The summed E-state index contributed by atoms with van der Waals surface area (Å²) in [6.45, 7) is -4.23. The standard InChI is InChI=1S/C17H15ClF3N5O2/c1-22-15(27)9-6-23-13(18)5-10(9)24-11-7-25(2)12-3-4-26(8-17(19,20)21)16(28)14(11)12/h3-7H,8H2,1-2H3,(H,22,27)(H,23,24)/i1D3. The van der Waals surface area contributed by atoms with E-state index in [0.717, 1.165) is 12.4 Å². The smallest absolute Gasteiger partial charge is 0.355 e. The fourth-order valence-electron chi connectivity index (χ4n) is 2.78. The highest BCUT2D eigenvalue weighted by atomic mass is 35.5. The Morgan fingerprint density at radius 2 is 2.14 bits per heavy atom. The van der Waals surface area contributed by atoms with Crippen LogP contribution in [-0.4, -0.2) is 33.2 Å². The topological polar surface area (TPSA) is 81.0 Å². The second-order valence-corrected chi connectivity index (χ2v) is 6.30. The molecule has 3 aromatic rings. The van der Waals surface area contributed by atoms with Crippen LogP contribution in [0.5, 0.6) is 0 Å². The van der Waals surface area contributed by atoms with Crippen molar-refractivity contribution in [3.8, 4) is 0 Å². The normalized spacial score (nSPS) is 13.7. The van der Waals surface area contributed by atoms with Gasteiger partial charge in [-0.2, -0.15) is 13.2 Å². The van der Waals surface area contributed by atoms with Crippen molar-refractivity contribution in [1.82, 2.24) is 19.4 Å². The monoisotopic (exact) mass is 416 g/mol. The van der Waals surface area contributed by atoms with Crippen molar-refractivity contribution in [3.63, 3.8) is 0 Å². The van der Waals surface area contributed by atoms with Crippen molar-refractivity contribution in [1.29, 1.82) is 0 Å². The van der Waals surface area contributed by atoms with Crippen molar-refractivity contribution in [3.05, 3.63) is 51.8 Å². The van der Waals surface area contributed by atoms with Gasteiger partial charge in [-0.05, 0) is 12.1 Å². The Bertz CT molecular complexity index is 1220. The number of nitrogens with zero attached hydrogens (tertiary/aromatic N) is 3. The number of aromatic nitrogens is 3. The Labute approximate surface area is 166 Å². The van der Waals surface area contributed by atoms with Crippen LogP contribution in [0.15, 0.2) is 35.5 Å². The average molecular weight is 417 g/mol. The molecule has 0 saturated carbocycles. The number of nitrogens with one attached hydrogen (secondary N) is 2. The number of alkyl halides is 3. The molecule has 148 valence electrons.